The van der Waals surface area contributed by atoms with Gasteiger partial charge in [0.25, 0.3) is 0 Å². The molecule has 4 N–H and O–H groups in total. The summed E-state index contributed by atoms with van der Waals surface area (Å²) in [6.45, 7) is 0. The van der Waals surface area contributed by atoms with Gasteiger partial charge >= 0.3 is 0 Å². The molecule has 4 heteroatoms. The maximum atomic E-state index is 6.41. The molecule has 1 aromatic rings. The first kappa shape index (κ1) is 15.3. The predicted octanol–water partition coefficient (Wildman–Crippen LogP) is 3.46. The molecule has 0 radical (unpaired) electrons. The summed E-state index contributed by atoms with van der Waals surface area (Å²) < 4.78 is 6.41. The summed E-state index contributed by atoms with van der Waals surface area (Å²) in [5.41, 5.74) is 15.1. The number of fused-ring (bicyclic) bond motifs is 2. The highest BCUT2D eigenvalue weighted by atomic mass is 16.5. The number of nitrogens with two attached hydrogens (primary N) is 2. The molecule has 4 nitrogen and oxygen atoms in total. The Balaban J connectivity index is 1.64. The van der Waals surface area contributed by atoms with E-state index in [4.69, 9.17) is 21.2 Å². The van der Waals surface area contributed by atoms with Crippen LogP contribution in [0.25, 0.3) is 0 Å². The topological polar surface area (TPSA) is 74.2 Å². The van der Waals surface area contributed by atoms with Crippen molar-refractivity contribution in [2.45, 2.75) is 88.2 Å². The average Bonchev–Trinajstić information content (AvgIpc) is 3.00. The number of pyridine rings is 1. The summed E-state index contributed by atoms with van der Waals surface area (Å²) in [5.74, 6) is 1.64. The molecule has 126 valence electrons. The Bertz CT molecular complexity index is 572. The molecule has 3 aliphatic carbocycles. The monoisotopic (exact) mass is 315 g/mol. The van der Waals surface area contributed by atoms with Crippen LogP contribution < -0.4 is 16.2 Å². The van der Waals surface area contributed by atoms with Crippen LogP contribution >= 0.6 is 0 Å². The van der Waals surface area contributed by atoms with Crippen molar-refractivity contribution in [1.29, 1.82) is 0 Å². The highest BCUT2D eigenvalue weighted by molar-refractivity contribution is 5.50. The van der Waals surface area contributed by atoms with E-state index in [0.717, 1.165) is 37.9 Å². The molecule has 1 aromatic heterocycles. The Labute approximate surface area is 139 Å². The van der Waals surface area contributed by atoms with E-state index in [-0.39, 0.29) is 5.41 Å². The summed E-state index contributed by atoms with van der Waals surface area (Å²) in [6, 6.07) is 2.31. The number of anilines is 1. The fourth-order valence-corrected chi connectivity index (χ4v) is 5.00. The Morgan fingerprint density at radius 3 is 2.48 bits per heavy atom. The molecular formula is C19H29N3O. The van der Waals surface area contributed by atoms with Crippen molar-refractivity contribution in [1.82, 2.24) is 4.98 Å². The molecule has 4 rings (SSSR count). The zero-order chi connectivity index (χ0) is 15.9. The van der Waals surface area contributed by atoms with Crippen molar-refractivity contribution in [3.05, 3.63) is 17.3 Å². The quantitative estimate of drug-likeness (QED) is 0.876. The first-order valence-corrected chi connectivity index (χ1v) is 9.38. The van der Waals surface area contributed by atoms with Crippen molar-refractivity contribution in [3.63, 3.8) is 0 Å². The van der Waals surface area contributed by atoms with Gasteiger partial charge in [0, 0.05) is 23.1 Å². The van der Waals surface area contributed by atoms with Crippen LogP contribution in [-0.4, -0.2) is 17.1 Å². The summed E-state index contributed by atoms with van der Waals surface area (Å²) in [6.07, 6.45) is 13.4. The van der Waals surface area contributed by atoms with Crippen molar-refractivity contribution < 1.29 is 4.74 Å². The second-order valence-electron chi connectivity index (χ2n) is 7.87. The lowest BCUT2D eigenvalue weighted by Crippen LogP contribution is -2.33. The molecule has 23 heavy (non-hydrogen) atoms. The zero-order valence-electron chi connectivity index (χ0n) is 14.0. The second-order valence-corrected chi connectivity index (χ2v) is 7.87. The first-order valence-electron chi connectivity index (χ1n) is 9.38. The van der Waals surface area contributed by atoms with Gasteiger partial charge in [0.15, 0.2) is 0 Å². The summed E-state index contributed by atoms with van der Waals surface area (Å²) in [4.78, 5) is 4.79. The van der Waals surface area contributed by atoms with Crippen LogP contribution in [0.4, 0.5) is 5.82 Å². The molecule has 0 bridgehead atoms. The number of nitrogen functional groups attached to an aromatic ring is 1. The molecule has 0 atom stereocenters. The van der Waals surface area contributed by atoms with Gasteiger partial charge in [-0.1, -0.05) is 12.8 Å². The zero-order valence-corrected chi connectivity index (χ0v) is 14.0. The predicted molar refractivity (Wildman–Crippen MR) is 92.6 cm³/mol. The van der Waals surface area contributed by atoms with E-state index in [2.05, 4.69) is 0 Å². The number of hydrogen-bond donors (Lipinski definition) is 2. The van der Waals surface area contributed by atoms with E-state index < -0.39 is 0 Å². The minimum absolute atomic E-state index is 0.288. The van der Waals surface area contributed by atoms with Crippen molar-refractivity contribution in [2.24, 2.45) is 5.73 Å². The third kappa shape index (κ3) is 2.82. The molecule has 3 aliphatic rings. The Kier molecular flexibility index (Phi) is 3.96. The molecule has 2 saturated carbocycles. The van der Waals surface area contributed by atoms with Gasteiger partial charge in [0.05, 0.1) is 11.8 Å². The average molecular weight is 315 g/mol. The van der Waals surface area contributed by atoms with Crippen LogP contribution in [0.5, 0.6) is 5.75 Å². The van der Waals surface area contributed by atoms with Crippen LogP contribution in [0.3, 0.4) is 0 Å². The summed E-state index contributed by atoms with van der Waals surface area (Å²) >= 11 is 0. The SMILES string of the molecule is Nc1cc(OC2CCC(N)CC2)c2c(n1)C1(CCCC1)CCC2. The van der Waals surface area contributed by atoms with Gasteiger partial charge in [-0.05, 0) is 57.8 Å². The summed E-state index contributed by atoms with van der Waals surface area (Å²) in [7, 11) is 0. The molecule has 0 aromatic carbocycles. The van der Waals surface area contributed by atoms with Crippen LogP contribution in [0.1, 0.15) is 75.5 Å². The van der Waals surface area contributed by atoms with E-state index >= 15 is 0 Å². The van der Waals surface area contributed by atoms with Crippen LogP contribution in [0, 0.1) is 0 Å². The number of aromatic nitrogens is 1. The fourth-order valence-electron chi connectivity index (χ4n) is 5.00. The first-order chi connectivity index (χ1) is 11.2. The Hall–Kier alpha value is -1.29. The van der Waals surface area contributed by atoms with Crippen LogP contribution in [-0.2, 0) is 11.8 Å². The van der Waals surface area contributed by atoms with Gasteiger partial charge in [0.2, 0.25) is 0 Å². The van der Waals surface area contributed by atoms with Gasteiger partial charge in [-0.15, -0.1) is 0 Å². The maximum Gasteiger partial charge on any atom is 0.128 e. The molecular weight excluding hydrogens is 286 g/mol. The van der Waals surface area contributed by atoms with E-state index in [1.54, 1.807) is 0 Å². The fraction of sp³-hybridized carbons (Fsp3) is 0.737. The van der Waals surface area contributed by atoms with Crippen molar-refractivity contribution >= 4 is 5.82 Å². The highest BCUT2D eigenvalue weighted by Gasteiger charge is 2.41. The van der Waals surface area contributed by atoms with E-state index in [1.165, 1.54) is 49.8 Å². The van der Waals surface area contributed by atoms with Crippen molar-refractivity contribution in [2.75, 3.05) is 5.73 Å². The van der Waals surface area contributed by atoms with Crippen molar-refractivity contribution in [3.8, 4) is 5.75 Å². The minimum atomic E-state index is 0.288. The molecule has 2 fully saturated rings. The molecule has 0 saturated heterocycles. The second kappa shape index (κ2) is 5.97. The largest absolute Gasteiger partial charge is 0.490 e. The standard InChI is InChI=1S/C19H29N3O/c20-13-5-7-14(8-6-13)23-16-12-17(21)22-18-15(16)4-3-11-19(18)9-1-2-10-19/h12-14H,1-11,20H2,(H2,21,22). The van der Waals surface area contributed by atoms with Crippen LogP contribution in [0.2, 0.25) is 0 Å². The van der Waals surface area contributed by atoms with E-state index in [9.17, 15) is 0 Å². The Morgan fingerprint density at radius 2 is 1.74 bits per heavy atom. The molecule has 1 spiro atoms. The lowest BCUT2D eigenvalue weighted by atomic mass is 9.71. The molecule has 0 amide bonds. The number of nitrogens with zero attached hydrogens (tertiary/aromatic N) is 1. The lowest BCUT2D eigenvalue weighted by Gasteiger charge is -2.36. The smallest absolute Gasteiger partial charge is 0.128 e. The maximum absolute atomic E-state index is 6.41. The minimum Gasteiger partial charge on any atom is -0.490 e. The summed E-state index contributed by atoms with van der Waals surface area (Å²) in [5, 5.41) is 0. The Morgan fingerprint density at radius 1 is 1.04 bits per heavy atom. The number of hydrogen-bond acceptors (Lipinski definition) is 4. The van der Waals surface area contributed by atoms with Gasteiger partial charge in [-0.25, -0.2) is 4.98 Å². The number of rotatable bonds is 2. The normalized spacial score (nSPS) is 29.4. The molecule has 0 aliphatic heterocycles. The van der Waals surface area contributed by atoms with E-state index in [1.807, 2.05) is 6.07 Å². The lowest BCUT2D eigenvalue weighted by molar-refractivity contribution is 0.144. The molecule has 1 heterocycles. The van der Waals surface area contributed by atoms with Gasteiger partial charge < -0.3 is 16.2 Å². The van der Waals surface area contributed by atoms with Gasteiger partial charge in [-0.2, -0.15) is 0 Å². The highest BCUT2D eigenvalue weighted by Crippen LogP contribution is 2.50. The third-order valence-electron chi connectivity index (χ3n) is 6.26. The number of ether oxygens (including phenoxy) is 1. The third-order valence-corrected chi connectivity index (χ3v) is 6.26. The van der Waals surface area contributed by atoms with Gasteiger partial charge in [-0.3, -0.25) is 0 Å². The van der Waals surface area contributed by atoms with E-state index in [0.29, 0.717) is 18.0 Å². The van der Waals surface area contributed by atoms with Crippen LogP contribution in [0.15, 0.2) is 6.07 Å². The van der Waals surface area contributed by atoms with Gasteiger partial charge in [0.1, 0.15) is 11.6 Å². The molecule has 0 unspecified atom stereocenters.